The van der Waals surface area contributed by atoms with Gasteiger partial charge >= 0.3 is 6.09 Å². The summed E-state index contributed by atoms with van der Waals surface area (Å²) in [6, 6.07) is 1.03. The number of carbonyl (C=O) groups excluding carboxylic acids is 2. The summed E-state index contributed by atoms with van der Waals surface area (Å²) in [5.41, 5.74) is -2.75. The summed E-state index contributed by atoms with van der Waals surface area (Å²) in [6.07, 6.45) is -2.68. The van der Waals surface area contributed by atoms with Gasteiger partial charge in [-0.1, -0.05) is 0 Å². The fraction of sp³-hybridized carbons (Fsp3) is 0.588. The number of pyridine rings is 1. The van der Waals surface area contributed by atoms with Crippen molar-refractivity contribution in [2.75, 3.05) is 5.32 Å². The zero-order valence-corrected chi connectivity index (χ0v) is 19.1. The summed E-state index contributed by atoms with van der Waals surface area (Å²) >= 11 is 15.1. The van der Waals surface area contributed by atoms with Crippen LogP contribution < -0.4 is 10.6 Å². The molecule has 158 valence electrons. The highest BCUT2D eigenvalue weighted by molar-refractivity contribution is 9.10. The Morgan fingerprint density at radius 3 is 2.29 bits per heavy atom. The number of aromatic nitrogens is 1. The summed E-state index contributed by atoms with van der Waals surface area (Å²) in [6.45, 7) is 7.83. The summed E-state index contributed by atoms with van der Waals surface area (Å²) in [7, 11) is 0. The number of nitrogens with one attached hydrogen (secondary N) is 2. The molecule has 1 atom stereocenters. The molecule has 6 nitrogen and oxygen atoms in total. The first-order valence-corrected chi connectivity index (χ1v) is 9.71. The van der Waals surface area contributed by atoms with Gasteiger partial charge in [-0.05, 0) is 56.6 Å². The molecule has 0 radical (unpaired) electrons. The lowest BCUT2D eigenvalue weighted by molar-refractivity contribution is -0.122. The van der Waals surface area contributed by atoms with Crippen LogP contribution in [0.15, 0.2) is 16.7 Å². The number of alkyl carbamates (subject to hydrolysis) is 1. The second-order valence-electron chi connectivity index (χ2n) is 7.55. The number of hydrogen-bond donors (Lipinski definition) is 2. The fourth-order valence-corrected chi connectivity index (χ4v) is 3.20. The van der Waals surface area contributed by atoms with E-state index in [1.165, 1.54) is 13.8 Å². The van der Waals surface area contributed by atoms with E-state index in [4.69, 9.17) is 27.9 Å². The first-order chi connectivity index (χ1) is 12.5. The van der Waals surface area contributed by atoms with Crippen LogP contribution in [0.1, 0.15) is 53.0 Å². The third-order valence-corrected chi connectivity index (χ3v) is 4.23. The lowest BCUT2D eigenvalue weighted by Crippen LogP contribution is -2.57. The maximum Gasteiger partial charge on any atom is 0.408 e. The minimum absolute atomic E-state index is 0.101. The van der Waals surface area contributed by atoms with Gasteiger partial charge in [0.2, 0.25) is 0 Å². The van der Waals surface area contributed by atoms with Gasteiger partial charge in [0.1, 0.15) is 21.3 Å². The average Bonchev–Trinajstić information content (AvgIpc) is 2.44. The molecular formula is C17H22BrCl2F2N3O3. The molecule has 2 N–H and O–H groups in total. The zero-order chi connectivity index (χ0) is 21.9. The number of carbonyl (C=O) groups is 2. The number of rotatable bonds is 6. The van der Waals surface area contributed by atoms with Crippen LogP contribution in [0, 0.1) is 0 Å². The van der Waals surface area contributed by atoms with Gasteiger partial charge < -0.3 is 15.4 Å². The highest BCUT2D eigenvalue weighted by atomic mass is 79.9. The molecule has 0 unspecified atom stereocenters. The van der Waals surface area contributed by atoms with E-state index in [9.17, 15) is 18.4 Å². The van der Waals surface area contributed by atoms with Gasteiger partial charge in [0, 0.05) is 22.7 Å². The van der Waals surface area contributed by atoms with Crippen molar-refractivity contribution in [3.8, 4) is 0 Å². The fourth-order valence-electron chi connectivity index (χ4n) is 2.28. The number of hydrogen-bond acceptors (Lipinski definition) is 4. The van der Waals surface area contributed by atoms with E-state index in [0.29, 0.717) is 0 Å². The van der Waals surface area contributed by atoms with E-state index in [1.807, 2.05) is 0 Å². The lowest BCUT2D eigenvalue weighted by Gasteiger charge is -2.33. The highest BCUT2D eigenvalue weighted by Gasteiger charge is 2.42. The molecule has 2 amide bonds. The smallest absolute Gasteiger partial charge is 0.408 e. The second kappa shape index (κ2) is 9.09. The molecule has 0 saturated heterocycles. The van der Waals surface area contributed by atoms with Gasteiger partial charge in [-0.3, -0.25) is 4.79 Å². The number of anilines is 1. The van der Waals surface area contributed by atoms with E-state index in [1.54, 1.807) is 20.8 Å². The second-order valence-corrected chi connectivity index (χ2v) is 10.3. The minimum Gasteiger partial charge on any atom is -0.444 e. The molecule has 0 aromatic carbocycles. The summed E-state index contributed by atoms with van der Waals surface area (Å²) < 4.78 is 30.0. The molecule has 0 aliphatic rings. The largest absolute Gasteiger partial charge is 0.444 e. The molecule has 0 aliphatic heterocycles. The summed E-state index contributed by atoms with van der Waals surface area (Å²) in [4.78, 5) is 28.9. The average molecular weight is 505 g/mol. The number of ether oxygens (including phenoxy) is 1. The summed E-state index contributed by atoms with van der Waals surface area (Å²) in [5.74, 6) is -0.868. The van der Waals surface area contributed by atoms with Crippen molar-refractivity contribution in [1.82, 2.24) is 10.3 Å². The SMILES string of the molecule is CC(Cl)(Cl)C[C@](C)(NC(=O)OC(C)(C)C)C(=O)Nc1cc(C(F)F)c(Br)cn1. The van der Waals surface area contributed by atoms with Crippen molar-refractivity contribution < 1.29 is 23.1 Å². The van der Waals surface area contributed by atoms with Gasteiger partial charge in [-0.15, -0.1) is 23.2 Å². The lowest BCUT2D eigenvalue weighted by atomic mass is 9.94. The molecule has 1 aromatic rings. The summed E-state index contributed by atoms with van der Waals surface area (Å²) in [5, 5.41) is 4.85. The molecule has 0 bridgehead atoms. The molecule has 0 fully saturated rings. The monoisotopic (exact) mass is 503 g/mol. The molecule has 1 heterocycles. The standard InChI is InChI=1S/C17H22BrCl2F2N3O3/c1-15(2,3)28-14(27)25-16(4,8-17(5,19)20)13(26)24-11-6-9(12(21)22)10(18)7-23-11/h6-7,12H,8H2,1-5H3,(H,25,27)(H,23,24,26)/t16-/m0/s1. The van der Waals surface area contributed by atoms with Crippen molar-refractivity contribution in [3.63, 3.8) is 0 Å². The quantitative estimate of drug-likeness (QED) is 0.495. The van der Waals surface area contributed by atoms with Gasteiger partial charge in [0.15, 0.2) is 0 Å². The van der Waals surface area contributed by atoms with Crippen LogP contribution in [-0.4, -0.2) is 32.5 Å². The zero-order valence-electron chi connectivity index (χ0n) is 16.0. The molecule has 1 aromatic heterocycles. The topological polar surface area (TPSA) is 80.3 Å². The Morgan fingerprint density at radius 1 is 1.25 bits per heavy atom. The van der Waals surface area contributed by atoms with Crippen LogP contribution in [0.5, 0.6) is 0 Å². The van der Waals surface area contributed by atoms with Crippen LogP contribution in [0.25, 0.3) is 0 Å². The number of halogens is 5. The van der Waals surface area contributed by atoms with Gasteiger partial charge in [-0.2, -0.15) is 0 Å². The van der Waals surface area contributed by atoms with Crippen LogP contribution in [0.3, 0.4) is 0 Å². The van der Waals surface area contributed by atoms with Gasteiger partial charge in [0.25, 0.3) is 12.3 Å². The molecule has 0 aliphatic carbocycles. The molecular weight excluding hydrogens is 483 g/mol. The molecule has 11 heteroatoms. The maximum absolute atomic E-state index is 13.1. The normalized spacial score (nSPS) is 14.4. The first-order valence-electron chi connectivity index (χ1n) is 8.16. The van der Waals surface area contributed by atoms with Crippen LogP contribution >= 0.6 is 39.1 Å². The van der Waals surface area contributed by atoms with E-state index in [0.717, 1.165) is 12.3 Å². The van der Waals surface area contributed by atoms with Crippen molar-refractivity contribution in [2.24, 2.45) is 0 Å². The molecule has 28 heavy (non-hydrogen) atoms. The van der Waals surface area contributed by atoms with Crippen molar-refractivity contribution in [3.05, 3.63) is 22.3 Å². The number of amides is 2. The first kappa shape index (κ1) is 24.8. The third-order valence-electron chi connectivity index (χ3n) is 3.30. The molecule has 0 saturated carbocycles. The van der Waals surface area contributed by atoms with Gasteiger partial charge in [-0.25, -0.2) is 18.6 Å². The van der Waals surface area contributed by atoms with Crippen LogP contribution in [0.2, 0.25) is 0 Å². The molecule has 1 rings (SSSR count). The van der Waals surface area contributed by atoms with E-state index in [-0.39, 0.29) is 22.3 Å². The van der Waals surface area contributed by atoms with E-state index < -0.39 is 33.9 Å². The van der Waals surface area contributed by atoms with Crippen LogP contribution in [0.4, 0.5) is 19.4 Å². The Bertz CT molecular complexity index is 739. The third kappa shape index (κ3) is 8.05. The Morgan fingerprint density at radius 2 is 1.82 bits per heavy atom. The Labute approximate surface area is 180 Å². The highest BCUT2D eigenvalue weighted by Crippen LogP contribution is 2.32. The van der Waals surface area contributed by atoms with Crippen molar-refractivity contribution >= 4 is 57.0 Å². The van der Waals surface area contributed by atoms with Crippen molar-refractivity contribution in [1.29, 1.82) is 0 Å². The maximum atomic E-state index is 13.1. The Kier molecular flexibility index (Phi) is 8.06. The van der Waals surface area contributed by atoms with E-state index in [2.05, 4.69) is 31.5 Å². The van der Waals surface area contributed by atoms with Crippen molar-refractivity contribution in [2.45, 2.75) is 62.9 Å². The van der Waals surface area contributed by atoms with Crippen LogP contribution in [-0.2, 0) is 9.53 Å². The minimum atomic E-state index is -2.77. The Balaban J connectivity index is 3.12. The van der Waals surface area contributed by atoms with E-state index >= 15 is 0 Å². The Hall–Kier alpha value is -1.19. The predicted octanol–water partition coefficient (Wildman–Crippen LogP) is 5.59. The molecule has 0 spiro atoms. The number of nitrogens with zero attached hydrogens (tertiary/aromatic N) is 1. The predicted molar refractivity (Wildman–Crippen MR) is 108 cm³/mol. The number of alkyl halides is 4. The van der Waals surface area contributed by atoms with Gasteiger partial charge in [0.05, 0.1) is 0 Å².